The summed E-state index contributed by atoms with van der Waals surface area (Å²) >= 11 is 1.81. The summed E-state index contributed by atoms with van der Waals surface area (Å²) in [5.41, 5.74) is 10.2. The second-order valence-electron chi connectivity index (χ2n) is 14.6. The van der Waals surface area contributed by atoms with Crippen molar-refractivity contribution in [3.05, 3.63) is 193 Å². The van der Waals surface area contributed by atoms with Crippen molar-refractivity contribution < 1.29 is 0 Å². The lowest BCUT2D eigenvalue weighted by atomic mass is 9.97. The van der Waals surface area contributed by atoms with Crippen LogP contribution in [0.5, 0.6) is 0 Å². The molecule has 0 saturated carbocycles. The fourth-order valence-electron chi connectivity index (χ4n) is 8.28. The Hall–Kier alpha value is -8.23. The molecule has 3 aromatic heterocycles. The van der Waals surface area contributed by atoms with Crippen molar-refractivity contribution >= 4 is 53.3 Å². The Labute approximate surface area is 349 Å². The van der Waals surface area contributed by atoms with Crippen molar-refractivity contribution in [2.24, 2.45) is 0 Å². The van der Waals surface area contributed by atoms with Gasteiger partial charge in [0.1, 0.15) is 0 Å². The summed E-state index contributed by atoms with van der Waals surface area (Å²) in [4.78, 5) is 15.5. The van der Waals surface area contributed by atoms with Crippen LogP contribution in [-0.2, 0) is 0 Å². The van der Waals surface area contributed by atoms with E-state index in [-0.39, 0.29) is 0 Å². The normalized spacial score (nSPS) is 11.3. The van der Waals surface area contributed by atoms with Crippen LogP contribution in [0.3, 0.4) is 0 Å². The predicted octanol–water partition coefficient (Wildman–Crippen LogP) is 13.4. The van der Waals surface area contributed by atoms with Crippen LogP contribution in [0.25, 0.3) is 104 Å². The molecule has 7 heteroatoms. The third kappa shape index (κ3) is 5.89. The van der Waals surface area contributed by atoms with E-state index < -0.39 is 0 Å². The first-order valence-electron chi connectivity index (χ1n) is 19.5. The number of thiophene rings is 1. The SMILES string of the molecule is N#Cc1ccc(-c2ccc3c4ccccc4n(-c4ccc(-c5ccc6sc7ccccc7c6c5)cc4-c4nc(-c5ccccc5)nc(-c5ccccc5)n4)c3c2)c(C#N)c1. The van der Waals surface area contributed by atoms with E-state index in [1.807, 2.05) is 78.1 Å². The molecule has 0 aliphatic rings. The average molecular weight is 783 g/mol. The molecule has 8 aromatic carbocycles. The smallest absolute Gasteiger partial charge is 0.166 e. The molecule has 0 amide bonds. The zero-order chi connectivity index (χ0) is 40.2. The van der Waals surface area contributed by atoms with Gasteiger partial charge in [-0.3, -0.25) is 0 Å². The maximum atomic E-state index is 10.2. The van der Waals surface area contributed by atoms with Crippen LogP contribution in [0, 0.1) is 22.7 Å². The van der Waals surface area contributed by atoms with Crippen LogP contribution in [0.15, 0.2) is 182 Å². The summed E-state index contributed by atoms with van der Waals surface area (Å²) in [7, 11) is 0. The van der Waals surface area contributed by atoms with E-state index in [9.17, 15) is 10.5 Å². The van der Waals surface area contributed by atoms with Gasteiger partial charge in [0, 0.05) is 47.6 Å². The van der Waals surface area contributed by atoms with Crippen LogP contribution in [0.1, 0.15) is 11.1 Å². The Morgan fingerprint density at radius 2 is 1.02 bits per heavy atom. The topological polar surface area (TPSA) is 91.2 Å². The molecule has 11 aromatic rings. The number of benzene rings is 8. The Morgan fingerprint density at radius 3 is 1.77 bits per heavy atom. The predicted molar refractivity (Wildman–Crippen MR) is 244 cm³/mol. The Balaban J connectivity index is 1.21. The molecule has 0 N–H and O–H groups in total. The van der Waals surface area contributed by atoms with Crippen LogP contribution in [0.4, 0.5) is 0 Å². The van der Waals surface area contributed by atoms with Gasteiger partial charge in [-0.1, -0.05) is 127 Å². The molecule has 0 aliphatic carbocycles. The minimum atomic E-state index is 0.448. The van der Waals surface area contributed by atoms with E-state index >= 15 is 0 Å². The molecule has 0 atom stereocenters. The van der Waals surface area contributed by atoms with Crippen LogP contribution >= 0.6 is 11.3 Å². The highest BCUT2D eigenvalue weighted by atomic mass is 32.1. The highest BCUT2D eigenvalue weighted by Gasteiger charge is 2.21. The highest BCUT2D eigenvalue weighted by Crippen LogP contribution is 2.41. The summed E-state index contributed by atoms with van der Waals surface area (Å²) in [6.45, 7) is 0. The van der Waals surface area contributed by atoms with E-state index in [4.69, 9.17) is 15.0 Å². The van der Waals surface area contributed by atoms with Gasteiger partial charge in [0.15, 0.2) is 17.5 Å². The summed E-state index contributed by atoms with van der Waals surface area (Å²) in [5.74, 6) is 1.70. The van der Waals surface area contributed by atoms with Crippen molar-refractivity contribution in [2.45, 2.75) is 0 Å². The first-order chi connectivity index (χ1) is 29.6. The van der Waals surface area contributed by atoms with E-state index in [2.05, 4.69) is 120 Å². The lowest BCUT2D eigenvalue weighted by Gasteiger charge is -2.17. The second-order valence-corrected chi connectivity index (χ2v) is 15.7. The number of hydrogen-bond donors (Lipinski definition) is 0. The summed E-state index contributed by atoms with van der Waals surface area (Å²) in [5, 5.41) is 24.4. The molecule has 0 fully saturated rings. The third-order valence-electron chi connectivity index (χ3n) is 11.1. The Kier molecular flexibility index (Phi) is 8.34. The fourth-order valence-corrected chi connectivity index (χ4v) is 9.37. The molecule has 60 heavy (non-hydrogen) atoms. The number of hydrogen-bond acceptors (Lipinski definition) is 6. The third-order valence-corrected chi connectivity index (χ3v) is 12.3. The minimum Gasteiger partial charge on any atom is -0.308 e. The quantitative estimate of drug-likeness (QED) is 0.167. The standard InChI is InChI=1S/C53H30N6S/c54-31-33-19-23-40(39(27-33)32-55)38-20-24-42-41-15-7-9-17-46(41)59(48(42)30-38)47-25-21-36(37-22-26-50-44(28-37)43-16-8-10-18-49(43)60-50)29-45(47)53-57-51(34-11-3-1-4-12-34)56-52(58-53)35-13-5-2-6-14-35/h1-30H. The molecular formula is C53H30N6S. The molecule has 0 radical (unpaired) electrons. The molecule has 3 heterocycles. The lowest BCUT2D eigenvalue weighted by molar-refractivity contribution is 1.06. The van der Waals surface area contributed by atoms with Crippen molar-refractivity contribution in [1.29, 1.82) is 10.5 Å². The summed E-state index contributed by atoms with van der Waals surface area (Å²) in [6.07, 6.45) is 0. The molecule has 6 nitrogen and oxygen atoms in total. The number of rotatable bonds is 6. The van der Waals surface area contributed by atoms with Gasteiger partial charge in [0.2, 0.25) is 0 Å². The molecular weight excluding hydrogens is 753 g/mol. The summed E-state index contributed by atoms with van der Waals surface area (Å²) in [6, 6.07) is 66.4. The molecule has 278 valence electrons. The van der Waals surface area contributed by atoms with Crippen LogP contribution < -0.4 is 0 Å². The Morgan fingerprint density at radius 1 is 0.400 bits per heavy atom. The van der Waals surface area contributed by atoms with Crippen molar-refractivity contribution in [3.63, 3.8) is 0 Å². The Bertz CT molecular complexity index is 3520. The molecule has 0 saturated heterocycles. The van der Waals surface area contributed by atoms with Gasteiger partial charge in [-0.2, -0.15) is 10.5 Å². The zero-order valence-electron chi connectivity index (χ0n) is 31.9. The maximum absolute atomic E-state index is 10.2. The number of fused-ring (bicyclic) bond motifs is 6. The second kappa shape index (κ2) is 14.3. The van der Waals surface area contributed by atoms with Gasteiger partial charge in [0.05, 0.1) is 40.0 Å². The minimum absolute atomic E-state index is 0.448. The number of nitrogens with zero attached hydrogens (tertiary/aromatic N) is 6. The van der Waals surface area contributed by atoms with E-state index in [1.54, 1.807) is 12.1 Å². The van der Waals surface area contributed by atoms with Crippen LogP contribution in [0.2, 0.25) is 0 Å². The maximum Gasteiger partial charge on any atom is 0.166 e. The number of aromatic nitrogens is 4. The largest absolute Gasteiger partial charge is 0.308 e. The van der Waals surface area contributed by atoms with Crippen molar-refractivity contribution in [2.75, 3.05) is 0 Å². The van der Waals surface area contributed by atoms with Gasteiger partial charge in [-0.05, 0) is 76.9 Å². The molecule has 0 bridgehead atoms. The highest BCUT2D eigenvalue weighted by molar-refractivity contribution is 7.25. The van der Waals surface area contributed by atoms with Crippen LogP contribution in [-0.4, -0.2) is 19.5 Å². The first-order valence-corrected chi connectivity index (χ1v) is 20.4. The van der Waals surface area contributed by atoms with Gasteiger partial charge >= 0.3 is 0 Å². The zero-order valence-corrected chi connectivity index (χ0v) is 32.7. The van der Waals surface area contributed by atoms with Crippen molar-refractivity contribution in [3.8, 4) is 74.2 Å². The first kappa shape index (κ1) is 35.0. The summed E-state index contributed by atoms with van der Waals surface area (Å²) < 4.78 is 4.80. The number of nitriles is 2. The lowest BCUT2D eigenvalue weighted by Crippen LogP contribution is -2.04. The monoisotopic (exact) mass is 782 g/mol. The number of para-hydroxylation sites is 1. The van der Waals surface area contributed by atoms with Gasteiger partial charge in [0.25, 0.3) is 0 Å². The molecule has 0 unspecified atom stereocenters. The average Bonchev–Trinajstić information content (AvgIpc) is 3.86. The molecule has 0 spiro atoms. The van der Waals surface area contributed by atoms with Gasteiger partial charge in [-0.15, -0.1) is 11.3 Å². The van der Waals surface area contributed by atoms with Gasteiger partial charge in [-0.25, -0.2) is 15.0 Å². The van der Waals surface area contributed by atoms with Gasteiger partial charge < -0.3 is 4.57 Å². The fraction of sp³-hybridized carbons (Fsp3) is 0. The van der Waals surface area contributed by atoms with Crippen molar-refractivity contribution in [1.82, 2.24) is 19.5 Å². The molecule has 0 aliphatic heterocycles. The van der Waals surface area contributed by atoms with E-state index in [1.165, 1.54) is 20.2 Å². The van der Waals surface area contributed by atoms with E-state index in [0.29, 0.717) is 28.6 Å². The van der Waals surface area contributed by atoms with E-state index in [0.717, 1.165) is 66.4 Å². The molecule has 11 rings (SSSR count).